The Morgan fingerprint density at radius 3 is 2.73 bits per heavy atom. The topological polar surface area (TPSA) is 29.5 Å². The van der Waals surface area contributed by atoms with Gasteiger partial charge in [0.25, 0.3) is 0 Å². The zero-order valence-corrected chi connectivity index (χ0v) is 16.1. The highest BCUT2D eigenvalue weighted by Crippen LogP contribution is 2.39. The van der Waals surface area contributed by atoms with Gasteiger partial charge in [-0.15, -0.1) is 22.7 Å². The van der Waals surface area contributed by atoms with E-state index in [-0.39, 0.29) is 11.9 Å². The van der Waals surface area contributed by atoms with Crippen molar-refractivity contribution in [1.29, 1.82) is 0 Å². The van der Waals surface area contributed by atoms with Crippen LogP contribution >= 0.6 is 22.7 Å². The lowest BCUT2D eigenvalue weighted by molar-refractivity contribution is -0.127. The summed E-state index contributed by atoms with van der Waals surface area (Å²) in [5, 5.41) is 4.21. The number of carbonyl (C=O) groups is 1. The summed E-state index contributed by atoms with van der Waals surface area (Å²) in [7, 11) is 1.65. The summed E-state index contributed by atoms with van der Waals surface area (Å²) in [6.07, 6.45) is 4.48. The van der Waals surface area contributed by atoms with Gasteiger partial charge in [0.2, 0.25) is 5.91 Å². The molecular weight excluding hydrogens is 362 g/mol. The highest BCUT2D eigenvalue weighted by atomic mass is 32.1. The lowest BCUT2D eigenvalue weighted by atomic mass is 9.98. The normalized spacial score (nSPS) is 16.7. The van der Waals surface area contributed by atoms with Crippen LogP contribution in [0.3, 0.4) is 0 Å². The minimum absolute atomic E-state index is 0.0259. The molecule has 0 fully saturated rings. The van der Waals surface area contributed by atoms with Gasteiger partial charge in [-0.25, -0.2) is 0 Å². The molecule has 1 aliphatic rings. The monoisotopic (exact) mass is 381 g/mol. The first-order chi connectivity index (χ1) is 12.8. The van der Waals surface area contributed by atoms with Crippen LogP contribution in [-0.4, -0.2) is 24.5 Å². The van der Waals surface area contributed by atoms with Crippen molar-refractivity contribution in [3.05, 3.63) is 80.2 Å². The summed E-state index contributed by atoms with van der Waals surface area (Å²) in [5.41, 5.74) is 2.26. The van der Waals surface area contributed by atoms with Gasteiger partial charge in [-0.05, 0) is 58.6 Å². The van der Waals surface area contributed by atoms with Crippen LogP contribution in [0.1, 0.15) is 26.9 Å². The van der Waals surface area contributed by atoms with Crippen LogP contribution in [0.5, 0.6) is 5.75 Å². The summed E-state index contributed by atoms with van der Waals surface area (Å²) in [6, 6.07) is 14.1. The number of hydrogen-bond acceptors (Lipinski definition) is 4. The van der Waals surface area contributed by atoms with E-state index < -0.39 is 0 Å². The van der Waals surface area contributed by atoms with E-state index in [1.807, 2.05) is 35.2 Å². The molecule has 0 saturated heterocycles. The number of nitrogens with zero attached hydrogens (tertiary/aromatic N) is 1. The van der Waals surface area contributed by atoms with Crippen LogP contribution in [0, 0.1) is 0 Å². The number of carbonyl (C=O) groups excluding carboxylic acids is 1. The van der Waals surface area contributed by atoms with Crippen molar-refractivity contribution in [1.82, 2.24) is 4.90 Å². The average Bonchev–Trinajstić information content (AvgIpc) is 3.37. The minimum Gasteiger partial charge on any atom is -0.497 e. The lowest BCUT2D eigenvalue weighted by Crippen LogP contribution is -2.38. The summed E-state index contributed by atoms with van der Waals surface area (Å²) in [6.45, 7) is 0.752. The Bertz CT molecular complexity index is 910. The largest absolute Gasteiger partial charge is 0.497 e. The van der Waals surface area contributed by atoms with Gasteiger partial charge < -0.3 is 9.64 Å². The molecule has 1 atom stereocenters. The molecule has 5 heteroatoms. The van der Waals surface area contributed by atoms with E-state index >= 15 is 0 Å². The fraction of sp³-hybridized carbons (Fsp3) is 0.190. The Balaban J connectivity index is 1.59. The molecule has 0 radical (unpaired) electrons. The van der Waals surface area contributed by atoms with Crippen LogP contribution in [-0.2, 0) is 11.2 Å². The van der Waals surface area contributed by atoms with Crippen LogP contribution in [0.2, 0.25) is 0 Å². The predicted molar refractivity (Wildman–Crippen MR) is 108 cm³/mol. The zero-order chi connectivity index (χ0) is 17.9. The fourth-order valence-electron chi connectivity index (χ4n) is 3.29. The van der Waals surface area contributed by atoms with Crippen LogP contribution in [0.15, 0.2) is 59.3 Å². The van der Waals surface area contributed by atoms with E-state index in [0.29, 0.717) is 0 Å². The molecule has 0 aliphatic carbocycles. The molecule has 3 nitrogen and oxygen atoms in total. The first-order valence-corrected chi connectivity index (χ1v) is 10.2. The zero-order valence-electron chi connectivity index (χ0n) is 14.4. The standard InChI is InChI=1S/C21H19NO2S2/c1-24-16-7-4-15(5-8-16)6-9-20(23)22-12-10-18-17(11-14-26-18)21(22)19-3-2-13-25-19/h2-9,11,13-14,21H,10,12H2,1H3/b9-6+. The van der Waals surface area contributed by atoms with Gasteiger partial charge >= 0.3 is 0 Å². The Labute approximate surface area is 161 Å². The maximum Gasteiger partial charge on any atom is 0.247 e. The smallest absolute Gasteiger partial charge is 0.247 e. The van der Waals surface area contributed by atoms with E-state index in [9.17, 15) is 4.79 Å². The average molecular weight is 382 g/mol. The van der Waals surface area contributed by atoms with Crippen LogP contribution in [0.25, 0.3) is 6.08 Å². The van der Waals surface area contributed by atoms with Crippen molar-refractivity contribution in [3.63, 3.8) is 0 Å². The summed E-state index contributed by atoms with van der Waals surface area (Å²) < 4.78 is 5.17. The second kappa shape index (κ2) is 7.48. The second-order valence-corrected chi connectivity index (χ2v) is 8.09. The Kier molecular flexibility index (Phi) is 4.91. The molecule has 1 unspecified atom stereocenters. The van der Waals surface area contributed by atoms with E-state index in [4.69, 9.17) is 4.74 Å². The van der Waals surface area contributed by atoms with Crippen molar-refractivity contribution < 1.29 is 9.53 Å². The van der Waals surface area contributed by atoms with Crippen LogP contribution < -0.4 is 4.74 Å². The number of fused-ring (bicyclic) bond motifs is 1. The van der Waals surface area contributed by atoms with Gasteiger partial charge in [-0.1, -0.05) is 18.2 Å². The molecule has 2 aromatic heterocycles. The van der Waals surface area contributed by atoms with Crippen molar-refractivity contribution >= 4 is 34.7 Å². The van der Waals surface area contributed by atoms with Gasteiger partial charge in [0.15, 0.2) is 0 Å². The Hall–Kier alpha value is -2.37. The number of benzene rings is 1. The third-order valence-corrected chi connectivity index (χ3v) is 6.52. The number of rotatable bonds is 4. The molecule has 0 bridgehead atoms. The van der Waals surface area contributed by atoms with Crippen molar-refractivity contribution in [2.24, 2.45) is 0 Å². The summed E-state index contributed by atoms with van der Waals surface area (Å²) >= 11 is 3.50. The second-order valence-electron chi connectivity index (χ2n) is 6.11. The van der Waals surface area contributed by atoms with Gasteiger partial charge in [-0.2, -0.15) is 0 Å². The van der Waals surface area contributed by atoms with Crippen LogP contribution in [0.4, 0.5) is 0 Å². The first kappa shape index (κ1) is 17.1. The molecular formula is C21H19NO2S2. The van der Waals surface area contributed by atoms with Gasteiger partial charge in [0.05, 0.1) is 13.2 Å². The Morgan fingerprint density at radius 1 is 1.15 bits per heavy atom. The molecule has 132 valence electrons. The van der Waals surface area contributed by atoms with Crippen molar-refractivity contribution in [2.45, 2.75) is 12.5 Å². The maximum absolute atomic E-state index is 13.0. The highest BCUT2D eigenvalue weighted by molar-refractivity contribution is 7.10. The van der Waals surface area contributed by atoms with E-state index in [1.165, 1.54) is 15.3 Å². The number of hydrogen-bond donors (Lipinski definition) is 0. The Morgan fingerprint density at radius 2 is 2.00 bits per heavy atom. The van der Waals surface area contributed by atoms with E-state index in [2.05, 4.69) is 29.0 Å². The third-order valence-electron chi connectivity index (χ3n) is 4.60. The molecule has 0 spiro atoms. The summed E-state index contributed by atoms with van der Waals surface area (Å²) in [5.74, 6) is 0.864. The minimum atomic E-state index is 0.0259. The first-order valence-electron chi connectivity index (χ1n) is 8.48. The molecule has 26 heavy (non-hydrogen) atoms. The molecule has 0 saturated carbocycles. The van der Waals surface area contributed by atoms with Gasteiger partial charge in [0.1, 0.15) is 5.75 Å². The quantitative estimate of drug-likeness (QED) is 0.595. The maximum atomic E-state index is 13.0. The number of thiophene rings is 2. The number of amides is 1. The fourth-order valence-corrected chi connectivity index (χ4v) is 5.04. The number of ether oxygens (including phenoxy) is 1. The lowest BCUT2D eigenvalue weighted by Gasteiger charge is -2.34. The van der Waals surface area contributed by atoms with E-state index in [1.54, 1.807) is 35.9 Å². The molecule has 4 rings (SSSR count). The predicted octanol–water partition coefficient (Wildman–Crippen LogP) is 5.01. The SMILES string of the molecule is COc1ccc(/C=C/C(=O)N2CCc3sccc3C2c2cccs2)cc1. The molecule has 1 aromatic carbocycles. The van der Waals surface area contributed by atoms with E-state index in [0.717, 1.165) is 24.3 Å². The summed E-state index contributed by atoms with van der Waals surface area (Å²) in [4.78, 5) is 17.6. The van der Waals surface area contributed by atoms with Crippen molar-refractivity contribution in [3.8, 4) is 5.75 Å². The molecule has 3 heterocycles. The van der Waals surface area contributed by atoms with Crippen molar-refractivity contribution in [2.75, 3.05) is 13.7 Å². The third kappa shape index (κ3) is 3.32. The highest BCUT2D eigenvalue weighted by Gasteiger charge is 2.32. The van der Waals surface area contributed by atoms with Gasteiger partial charge in [-0.3, -0.25) is 4.79 Å². The van der Waals surface area contributed by atoms with Gasteiger partial charge in [0, 0.05) is 22.4 Å². The number of methoxy groups -OCH3 is 1. The molecule has 0 N–H and O–H groups in total. The molecule has 1 aliphatic heterocycles. The molecule has 3 aromatic rings. The molecule has 1 amide bonds.